The third kappa shape index (κ3) is 3.83. The van der Waals surface area contributed by atoms with Crippen molar-refractivity contribution >= 4 is 38.2 Å². The SMILES string of the molecule is CC1CN(c2ccc3c(=O)c(S(=O)(=O)N4CCCCC4)cn(-c4nccs4)c3n2)CCN1. The van der Waals surface area contributed by atoms with Gasteiger partial charge in [-0.25, -0.2) is 18.4 Å². The number of hydrogen-bond acceptors (Lipinski definition) is 8. The molecular formula is C21H26N6O3S2. The van der Waals surface area contributed by atoms with Crippen molar-refractivity contribution in [2.24, 2.45) is 0 Å². The number of thiazole rings is 1. The summed E-state index contributed by atoms with van der Waals surface area (Å²) in [5.41, 5.74) is -0.0858. The lowest BCUT2D eigenvalue weighted by molar-refractivity contribution is 0.346. The van der Waals surface area contributed by atoms with Crippen LogP contribution in [0.25, 0.3) is 16.2 Å². The molecule has 1 atom stereocenters. The molecular weight excluding hydrogens is 448 g/mol. The molecule has 5 rings (SSSR count). The van der Waals surface area contributed by atoms with Gasteiger partial charge in [-0.2, -0.15) is 4.31 Å². The van der Waals surface area contributed by atoms with Crippen LogP contribution in [0.1, 0.15) is 26.2 Å². The maximum absolute atomic E-state index is 13.4. The molecule has 9 nitrogen and oxygen atoms in total. The highest BCUT2D eigenvalue weighted by Gasteiger charge is 2.30. The molecule has 0 saturated carbocycles. The Hall–Kier alpha value is -2.34. The molecule has 0 spiro atoms. The summed E-state index contributed by atoms with van der Waals surface area (Å²) in [6.45, 7) is 5.47. The maximum atomic E-state index is 13.4. The second kappa shape index (κ2) is 8.54. The molecule has 0 amide bonds. The first-order chi connectivity index (χ1) is 15.4. The van der Waals surface area contributed by atoms with E-state index in [4.69, 9.17) is 4.98 Å². The Balaban J connectivity index is 1.69. The summed E-state index contributed by atoms with van der Waals surface area (Å²) in [6.07, 6.45) is 5.68. The fourth-order valence-corrected chi connectivity index (χ4v) is 6.61. The number of pyridine rings is 2. The first-order valence-electron chi connectivity index (χ1n) is 10.9. The van der Waals surface area contributed by atoms with Crippen molar-refractivity contribution < 1.29 is 8.42 Å². The molecule has 11 heteroatoms. The predicted molar refractivity (Wildman–Crippen MR) is 125 cm³/mol. The minimum absolute atomic E-state index is 0.215. The van der Waals surface area contributed by atoms with Gasteiger partial charge in [-0.15, -0.1) is 11.3 Å². The van der Waals surface area contributed by atoms with E-state index >= 15 is 0 Å². The van der Waals surface area contributed by atoms with Crippen LogP contribution < -0.4 is 15.6 Å². The maximum Gasteiger partial charge on any atom is 0.248 e. The fraction of sp³-hybridized carbons (Fsp3) is 0.476. The lowest BCUT2D eigenvalue weighted by Gasteiger charge is -2.33. The van der Waals surface area contributed by atoms with Crippen molar-refractivity contribution in [2.75, 3.05) is 37.6 Å². The van der Waals surface area contributed by atoms with Gasteiger partial charge < -0.3 is 10.2 Å². The van der Waals surface area contributed by atoms with Crippen LogP contribution in [0.2, 0.25) is 0 Å². The summed E-state index contributed by atoms with van der Waals surface area (Å²) in [4.78, 5) is 24.5. The van der Waals surface area contributed by atoms with Crippen LogP contribution in [0.15, 0.2) is 39.6 Å². The highest BCUT2D eigenvalue weighted by atomic mass is 32.2. The summed E-state index contributed by atoms with van der Waals surface area (Å²) >= 11 is 1.37. The van der Waals surface area contributed by atoms with E-state index in [-0.39, 0.29) is 10.3 Å². The highest BCUT2D eigenvalue weighted by molar-refractivity contribution is 7.89. The largest absolute Gasteiger partial charge is 0.354 e. The van der Waals surface area contributed by atoms with Crippen LogP contribution in [0.3, 0.4) is 0 Å². The van der Waals surface area contributed by atoms with Gasteiger partial charge in [0.15, 0.2) is 10.8 Å². The Morgan fingerprint density at radius 2 is 1.97 bits per heavy atom. The Morgan fingerprint density at radius 3 is 2.69 bits per heavy atom. The van der Waals surface area contributed by atoms with Gasteiger partial charge in [0.25, 0.3) is 0 Å². The summed E-state index contributed by atoms with van der Waals surface area (Å²) in [5, 5.41) is 6.09. The second-order valence-corrected chi connectivity index (χ2v) is 11.1. The van der Waals surface area contributed by atoms with E-state index < -0.39 is 15.5 Å². The molecule has 2 aliphatic heterocycles. The third-order valence-corrected chi connectivity index (χ3v) is 8.72. The Bertz CT molecular complexity index is 1280. The van der Waals surface area contributed by atoms with Gasteiger partial charge in [0.1, 0.15) is 10.7 Å². The molecule has 2 fully saturated rings. The first kappa shape index (κ1) is 21.5. The smallest absolute Gasteiger partial charge is 0.248 e. The summed E-state index contributed by atoms with van der Waals surface area (Å²) < 4.78 is 29.8. The van der Waals surface area contributed by atoms with Crippen molar-refractivity contribution in [1.82, 2.24) is 24.2 Å². The van der Waals surface area contributed by atoms with Gasteiger partial charge in [0.05, 0.1) is 5.39 Å². The average molecular weight is 475 g/mol. The van der Waals surface area contributed by atoms with E-state index in [0.29, 0.717) is 29.9 Å². The molecule has 0 aromatic carbocycles. The molecule has 0 bridgehead atoms. The molecule has 32 heavy (non-hydrogen) atoms. The fourth-order valence-electron chi connectivity index (χ4n) is 4.39. The van der Waals surface area contributed by atoms with E-state index in [9.17, 15) is 13.2 Å². The molecule has 3 aromatic rings. The van der Waals surface area contributed by atoms with Gasteiger partial charge in [-0.1, -0.05) is 6.42 Å². The number of anilines is 1. The number of rotatable bonds is 4. The van der Waals surface area contributed by atoms with Crippen molar-refractivity contribution in [2.45, 2.75) is 37.1 Å². The third-order valence-electron chi connectivity index (χ3n) is 6.05. The van der Waals surface area contributed by atoms with Gasteiger partial charge in [0, 0.05) is 56.5 Å². The van der Waals surface area contributed by atoms with E-state index in [1.807, 2.05) is 11.4 Å². The minimum Gasteiger partial charge on any atom is -0.354 e. The van der Waals surface area contributed by atoms with Crippen molar-refractivity contribution in [3.8, 4) is 5.13 Å². The molecule has 1 N–H and O–H groups in total. The predicted octanol–water partition coefficient (Wildman–Crippen LogP) is 1.81. The molecule has 2 aliphatic rings. The average Bonchev–Trinajstić information content (AvgIpc) is 3.34. The molecule has 1 unspecified atom stereocenters. The van der Waals surface area contributed by atoms with Crippen LogP contribution in [0, 0.1) is 0 Å². The standard InChI is InChI=1S/C21H26N6O3S2/c1-15-13-25(11-7-22-15)18-6-5-16-19(28)17(32(29,30)26-9-3-2-4-10-26)14-27(20(16)24-18)21-23-8-12-31-21/h5-6,8,12,14-15,22H,2-4,7,9-11,13H2,1H3. The summed E-state index contributed by atoms with van der Waals surface area (Å²) in [5.74, 6) is 0.766. The molecule has 3 aromatic heterocycles. The van der Waals surface area contributed by atoms with Crippen LogP contribution >= 0.6 is 11.3 Å². The number of sulfonamides is 1. The zero-order valence-corrected chi connectivity index (χ0v) is 19.5. The zero-order chi connectivity index (χ0) is 22.3. The topological polar surface area (TPSA) is 100 Å². The molecule has 2 saturated heterocycles. The number of hydrogen-bond donors (Lipinski definition) is 1. The Labute approximate surface area is 190 Å². The summed E-state index contributed by atoms with van der Waals surface area (Å²) in [7, 11) is -3.91. The van der Waals surface area contributed by atoms with Gasteiger partial charge >= 0.3 is 0 Å². The number of aromatic nitrogens is 3. The first-order valence-corrected chi connectivity index (χ1v) is 13.2. The second-order valence-electron chi connectivity index (χ2n) is 8.31. The van der Waals surface area contributed by atoms with Crippen molar-refractivity contribution in [1.29, 1.82) is 0 Å². The molecule has 170 valence electrons. The monoisotopic (exact) mass is 474 g/mol. The van der Waals surface area contributed by atoms with Gasteiger partial charge in [-0.3, -0.25) is 9.36 Å². The number of piperidine rings is 1. The molecule has 5 heterocycles. The minimum atomic E-state index is -3.91. The van der Waals surface area contributed by atoms with Crippen LogP contribution in [0.4, 0.5) is 5.82 Å². The van der Waals surface area contributed by atoms with Crippen LogP contribution in [0.5, 0.6) is 0 Å². The van der Waals surface area contributed by atoms with E-state index in [1.54, 1.807) is 16.8 Å². The van der Waals surface area contributed by atoms with E-state index in [1.165, 1.54) is 21.8 Å². The van der Waals surface area contributed by atoms with Crippen molar-refractivity contribution in [3.63, 3.8) is 0 Å². The van der Waals surface area contributed by atoms with E-state index in [2.05, 4.69) is 22.1 Å². The zero-order valence-electron chi connectivity index (χ0n) is 17.9. The van der Waals surface area contributed by atoms with E-state index in [0.717, 1.165) is 44.7 Å². The Kier molecular flexibility index (Phi) is 5.74. The van der Waals surface area contributed by atoms with Crippen LogP contribution in [-0.2, 0) is 10.0 Å². The highest BCUT2D eigenvalue weighted by Crippen LogP contribution is 2.25. The lowest BCUT2D eigenvalue weighted by atomic mass is 10.2. The van der Waals surface area contributed by atoms with Gasteiger partial charge in [0.2, 0.25) is 15.5 Å². The summed E-state index contributed by atoms with van der Waals surface area (Å²) in [6, 6.07) is 3.84. The van der Waals surface area contributed by atoms with Crippen molar-refractivity contribution in [3.05, 3.63) is 40.1 Å². The number of fused-ring (bicyclic) bond motifs is 1. The number of nitrogens with zero attached hydrogens (tertiary/aromatic N) is 5. The van der Waals surface area contributed by atoms with Gasteiger partial charge in [-0.05, 0) is 31.9 Å². The quantitative estimate of drug-likeness (QED) is 0.616. The van der Waals surface area contributed by atoms with Crippen LogP contribution in [-0.4, -0.2) is 66.0 Å². The number of nitrogens with one attached hydrogen (secondary N) is 1. The Morgan fingerprint density at radius 1 is 1.16 bits per heavy atom. The lowest BCUT2D eigenvalue weighted by Crippen LogP contribution is -2.49. The number of piperazine rings is 1. The molecule has 0 radical (unpaired) electrons. The normalized spacial score (nSPS) is 20.7. The molecule has 0 aliphatic carbocycles.